The highest BCUT2D eigenvalue weighted by Gasteiger charge is 2.42. The first-order valence-electron chi connectivity index (χ1n) is 8.28. The summed E-state index contributed by atoms with van der Waals surface area (Å²) in [6, 6.07) is -0.503. The number of sulfonamides is 1. The van der Waals surface area contributed by atoms with Crippen molar-refractivity contribution in [3.8, 4) is 0 Å². The van der Waals surface area contributed by atoms with Gasteiger partial charge in [0.15, 0.2) is 0 Å². The van der Waals surface area contributed by atoms with E-state index in [-0.39, 0.29) is 11.2 Å². The highest BCUT2D eigenvalue weighted by atomic mass is 32.2. The summed E-state index contributed by atoms with van der Waals surface area (Å²) in [6.45, 7) is 3.87. The average molecular weight is 343 g/mol. The van der Waals surface area contributed by atoms with Gasteiger partial charge in [-0.3, -0.25) is 0 Å². The molecule has 3 rings (SSSR count). The number of ether oxygens (including phenoxy) is 1. The molecule has 1 N–H and O–H groups in total. The van der Waals surface area contributed by atoms with Crippen LogP contribution in [0.1, 0.15) is 70.1 Å². The van der Waals surface area contributed by atoms with Crippen molar-refractivity contribution in [2.45, 2.75) is 69.3 Å². The van der Waals surface area contributed by atoms with Crippen LogP contribution in [-0.4, -0.2) is 30.9 Å². The van der Waals surface area contributed by atoms with Crippen molar-refractivity contribution in [2.75, 3.05) is 7.11 Å². The number of nitrogens with zero attached hydrogens (tertiary/aromatic N) is 2. The van der Waals surface area contributed by atoms with E-state index in [0.717, 1.165) is 38.5 Å². The van der Waals surface area contributed by atoms with Crippen molar-refractivity contribution in [1.82, 2.24) is 14.9 Å². The largest absolute Gasteiger partial charge is 0.370 e. The van der Waals surface area contributed by atoms with Gasteiger partial charge in [0.2, 0.25) is 21.7 Å². The van der Waals surface area contributed by atoms with Gasteiger partial charge >= 0.3 is 0 Å². The lowest BCUT2D eigenvalue weighted by Gasteiger charge is -2.23. The van der Waals surface area contributed by atoms with Gasteiger partial charge in [0.25, 0.3) is 0 Å². The van der Waals surface area contributed by atoms with Crippen molar-refractivity contribution >= 4 is 10.0 Å². The number of hydrogen-bond donors (Lipinski definition) is 1. The van der Waals surface area contributed by atoms with Gasteiger partial charge in [-0.1, -0.05) is 19.0 Å². The van der Waals surface area contributed by atoms with Gasteiger partial charge < -0.3 is 9.26 Å². The van der Waals surface area contributed by atoms with E-state index in [0.29, 0.717) is 11.7 Å². The van der Waals surface area contributed by atoms with Crippen LogP contribution < -0.4 is 4.72 Å². The Balaban J connectivity index is 1.83. The lowest BCUT2D eigenvalue weighted by atomic mass is 10.0. The molecule has 0 saturated heterocycles. The van der Waals surface area contributed by atoms with E-state index < -0.39 is 21.7 Å². The molecule has 1 atom stereocenters. The molecule has 1 aromatic heterocycles. The minimum atomic E-state index is -3.32. The molecule has 2 aliphatic carbocycles. The van der Waals surface area contributed by atoms with Crippen molar-refractivity contribution in [3.05, 3.63) is 11.7 Å². The fourth-order valence-corrected chi connectivity index (χ4v) is 4.81. The molecule has 0 bridgehead atoms. The average Bonchev–Trinajstić information content (AvgIpc) is 3.08. The van der Waals surface area contributed by atoms with Crippen LogP contribution in [0.3, 0.4) is 0 Å². The first-order chi connectivity index (χ1) is 10.9. The first-order valence-corrected chi connectivity index (χ1v) is 9.83. The minimum Gasteiger partial charge on any atom is -0.370 e. The third kappa shape index (κ3) is 3.29. The van der Waals surface area contributed by atoms with Crippen LogP contribution in [0.4, 0.5) is 0 Å². The molecule has 1 aromatic rings. The summed E-state index contributed by atoms with van der Waals surface area (Å²) in [5.74, 6) is 0.866. The number of nitrogens with one attached hydrogen (secondary N) is 1. The Hall–Kier alpha value is -0.990. The normalized spacial score (nSPS) is 22.6. The zero-order valence-electron chi connectivity index (χ0n) is 13.9. The van der Waals surface area contributed by atoms with Crippen molar-refractivity contribution in [1.29, 1.82) is 0 Å². The van der Waals surface area contributed by atoms with Gasteiger partial charge in [-0.05, 0) is 44.4 Å². The maximum absolute atomic E-state index is 12.2. The monoisotopic (exact) mass is 343 g/mol. The molecule has 1 heterocycles. The third-order valence-electron chi connectivity index (χ3n) is 4.84. The van der Waals surface area contributed by atoms with E-state index >= 15 is 0 Å². The summed E-state index contributed by atoms with van der Waals surface area (Å²) in [5, 5.41) is 3.82. The number of methoxy groups -OCH3 is 1. The Labute approximate surface area is 137 Å². The first kappa shape index (κ1) is 16.9. The standard InChI is InChI=1S/C15H25N3O4S/c1-10(2)12(18-23(19,20)11-6-7-11)13-16-14(17-22-13)15(21-3)8-4-5-9-15/h10-12,18H,4-9H2,1-3H3/t12-/m1/s1. The number of aromatic nitrogens is 2. The fourth-order valence-electron chi connectivity index (χ4n) is 3.13. The summed E-state index contributed by atoms with van der Waals surface area (Å²) in [7, 11) is -1.66. The minimum absolute atomic E-state index is 0.0129. The molecule has 130 valence electrons. The molecule has 0 amide bonds. The Morgan fingerprint density at radius 1 is 1.30 bits per heavy atom. The molecule has 23 heavy (non-hydrogen) atoms. The van der Waals surface area contributed by atoms with Crippen LogP contribution in [-0.2, 0) is 20.4 Å². The molecule has 7 nitrogen and oxygen atoms in total. The van der Waals surface area contributed by atoms with E-state index in [9.17, 15) is 8.42 Å². The molecule has 0 spiro atoms. The van der Waals surface area contributed by atoms with Gasteiger partial charge in [-0.25, -0.2) is 13.1 Å². The van der Waals surface area contributed by atoms with Gasteiger partial charge in [0.1, 0.15) is 11.6 Å². The maximum Gasteiger partial charge on any atom is 0.245 e. The molecular weight excluding hydrogens is 318 g/mol. The predicted molar refractivity (Wildman–Crippen MR) is 84.1 cm³/mol. The Morgan fingerprint density at radius 2 is 1.96 bits per heavy atom. The predicted octanol–water partition coefficient (Wildman–Crippen LogP) is 2.26. The van der Waals surface area contributed by atoms with E-state index in [1.165, 1.54) is 0 Å². The number of hydrogen-bond acceptors (Lipinski definition) is 6. The van der Waals surface area contributed by atoms with Crippen LogP contribution in [0.15, 0.2) is 4.52 Å². The summed E-state index contributed by atoms with van der Waals surface area (Å²) in [5.41, 5.74) is -0.487. The van der Waals surface area contributed by atoms with Gasteiger partial charge in [-0.15, -0.1) is 0 Å². The second-order valence-electron chi connectivity index (χ2n) is 6.95. The zero-order valence-corrected chi connectivity index (χ0v) is 14.7. The van der Waals surface area contributed by atoms with Crippen LogP contribution >= 0.6 is 0 Å². The van der Waals surface area contributed by atoms with E-state index in [2.05, 4.69) is 14.9 Å². The van der Waals surface area contributed by atoms with E-state index in [1.807, 2.05) is 13.8 Å². The maximum atomic E-state index is 12.2. The highest BCUT2D eigenvalue weighted by molar-refractivity contribution is 7.90. The quantitative estimate of drug-likeness (QED) is 0.816. The van der Waals surface area contributed by atoms with Gasteiger partial charge in [-0.2, -0.15) is 4.98 Å². The number of rotatable bonds is 7. The smallest absolute Gasteiger partial charge is 0.245 e. The van der Waals surface area contributed by atoms with Crippen LogP contribution in [0, 0.1) is 5.92 Å². The highest BCUT2D eigenvalue weighted by Crippen LogP contribution is 2.40. The molecule has 2 aliphatic rings. The summed E-state index contributed by atoms with van der Waals surface area (Å²) >= 11 is 0. The molecule has 0 radical (unpaired) electrons. The SMILES string of the molecule is COC1(c2noc([C@H](NS(=O)(=O)C3CC3)C(C)C)n2)CCCC1. The zero-order chi connectivity index (χ0) is 16.7. The lowest BCUT2D eigenvalue weighted by Crippen LogP contribution is -2.34. The van der Waals surface area contributed by atoms with Gasteiger partial charge in [0, 0.05) is 7.11 Å². The van der Waals surface area contributed by atoms with Crippen LogP contribution in [0.2, 0.25) is 0 Å². The van der Waals surface area contributed by atoms with E-state index in [4.69, 9.17) is 9.26 Å². The van der Waals surface area contributed by atoms with E-state index in [1.54, 1.807) is 7.11 Å². The molecule has 2 fully saturated rings. The van der Waals surface area contributed by atoms with Gasteiger partial charge in [0.05, 0.1) is 5.25 Å². The molecular formula is C15H25N3O4S. The Bertz CT molecular complexity index is 645. The molecule has 0 unspecified atom stereocenters. The van der Waals surface area contributed by atoms with Crippen molar-refractivity contribution < 1.29 is 17.7 Å². The van der Waals surface area contributed by atoms with Crippen LogP contribution in [0.25, 0.3) is 0 Å². The summed E-state index contributed by atoms with van der Waals surface area (Å²) in [4.78, 5) is 4.49. The van der Waals surface area contributed by atoms with Crippen molar-refractivity contribution in [3.63, 3.8) is 0 Å². The lowest BCUT2D eigenvalue weighted by molar-refractivity contribution is -0.0178. The van der Waals surface area contributed by atoms with Crippen molar-refractivity contribution in [2.24, 2.45) is 5.92 Å². The Morgan fingerprint density at radius 3 is 2.48 bits per heavy atom. The summed E-state index contributed by atoms with van der Waals surface area (Å²) < 4.78 is 38.3. The third-order valence-corrected chi connectivity index (χ3v) is 6.77. The second kappa shape index (κ2) is 6.14. The second-order valence-corrected chi connectivity index (χ2v) is 8.94. The molecule has 2 saturated carbocycles. The topological polar surface area (TPSA) is 94.3 Å². The summed E-state index contributed by atoms with van der Waals surface area (Å²) in [6.07, 6.45) is 5.31. The molecule has 0 aromatic carbocycles. The van der Waals surface area contributed by atoms with Crippen LogP contribution in [0.5, 0.6) is 0 Å². The molecule has 8 heteroatoms. The Kier molecular flexibility index (Phi) is 4.50. The molecule has 0 aliphatic heterocycles. The fraction of sp³-hybridized carbons (Fsp3) is 0.867.